The van der Waals surface area contributed by atoms with Gasteiger partial charge < -0.3 is 14.4 Å². The second-order valence-electron chi connectivity index (χ2n) is 13.8. The van der Waals surface area contributed by atoms with Crippen molar-refractivity contribution in [1.82, 2.24) is 4.90 Å². The molecule has 0 unspecified atom stereocenters. The zero-order chi connectivity index (χ0) is 31.5. The van der Waals surface area contributed by atoms with Gasteiger partial charge in [0.2, 0.25) is 0 Å². The zero-order valence-corrected chi connectivity index (χ0v) is 28.4. The van der Waals surface area contributed by atoms with Crippen LogP contribution in [0.15, 0.2) is 48.5 Å². The van der Waals surface area contributed by atoms with E-state index in [4.69, 9.17) is 9.47 Å². The highest BCUT2D eigenvalue weighted by atomic mass is 28.3. The molecule has 42 heavy (non-hydrogen) atoms. The van der Waals surface area contributed by atoms with Crippen LogP contribution >= 0.6 is 0 Å². The zero-order valence-electron chi connectivity index (χ0n) is 27.4. The van der Waals surface area contributed by atoms with E-state index in [1.54, 1.807) is 19.0 Å². The molecule has 0 heterocycles. The fourth-order valence-electron chi connectivity index (χ4n) is 4.69. The summed E-state index contributed by atoms with van der Waals surface area (Å²) in [6.45, 7) is 15.0. The van der Waals surface area contributed by atoms with Gasteiger partial charge in [0.1, 0.15) is 5.60 Å². The van der Waals surface area contributed by atoms with Crippen molar-refractivity contribution in [3.8, 4) is 11.1 Å². The topological polar surface area (TPSA) is 72.9 Å². The van der Waals surface area contributed by atoms with Gasteiger partial charge in [-0.2, -0.15) is 0 Å². The third kappa shape index (κ3) is 12.5. The Morgan fingerprint density at radius 2 is 1.38 bits per heavy atom. The largest absolute Gasteiger partial charge is 0.466 e. The molecule has 2 rings (SSSR count). The number of aryl methyl sites for hydroxylation is 1. The third-order valence-corrected chi connectivity index (χ3v) is 8.96. The molecular formula is C35H53NO5Si. The van der Waals surface area contributed by atoms with E-state index < -0.39 is 13.7 Å². The van der Waals surface area contributed by atoms with Gasteiger partial charge in [0.15, 0.2) is 0 Å². The van der Waals surface area contributed by atoms with Crippen molar-refractivity contribution in [2.24, 2.45) is 11.8 Å². The Kier molecular flexibility index (Phi) is 13.5. The molecular weight excluding hydrogens is 542 g/mol. The summed E-state index contributed by atoms with van der Waals surface area (Å²) in [4.78, 5) is 40.2. The van der Waals surface area contributed by atoms with E-state index >= 15 is 0 Å². The van der Waals surface area contributed by atoms with E-state index in [1.165, 1.54) is 0 Å². The van der Waals surface area contributed by atoms with Gasteiger partial charge in [-0.1, -0.05) is 75.8 Å². The summed E-state index contributed by atoms with van der Waals surface area (Å²) in [5.74, 6) is -1.15. The summed E-state index contributed by atoms with van der Waals surface area (Å²) in [5, 5.41) is 0. The monoisotopic (exact) mass is 595 g/mol. The Labute approximate surface area is 255 Å². The molecule has 2 aromatic rings. The molecule has 0 saturated heterocycles. The number of unbranched alkanes of at least 4 members (excludes halogenated alkanes) is 1. The number of hydrogen-bond acceptors (Lipinski definition) is 5. The molecule has 2 atom stereocenters. The number of rotatable bonds is 15. The van der Waals surface area contributed by atoms with Crippen LogP contribution in [0.3, 0.4) is 0 Å². The van der Waals surface area contributed by atoms with Crippen LogP contribution in [0.5, 0.6) is 0 Å². The lowest BCUT2D eigenvalue weighted by Crippen LogP contribution is -2.32. The molecule has 6 nitrogen and oxygen atoms in total. The molecule has 0 saturated carbocycles. The number of esters is 2. The van der Waals surface area contributed by atoms with Crippen molar-refractivity contribution in [3.05, 3.63) is 59.7 Å². The van der Waals surface area contributed by atoms with Gasteiger partial charge in [-0.3, -0.25) is 14.4 Å². The van der Waals surface area contributed by atoms with Crippen LogP contribution in [0, 0.1) is 11.8 Å². The van der Waals surface area contributed by atoms with Crippen molar-refractivity contribution in [1.29, 1.82) is 0 Å². The maximum absolute atomic E-state index is 13.3. The quantitative estimate of drug-likeness (QED) is 0.154. The minimum atomic E-state index is -1.34. The summed E-state index contributed by atoms with van der Waals surface area (Å²) >= 11 is 0. The number of ether oxygens (including phenoxy) is 2. The number of amides is 1. The Morgan fingerprint density at radius 1 is 0.833 bits per heavy atom. The van der Waals surface area contributed by atoms with E-state index in [-0.39, 0.29) is 29.7 Å². The number of hydrogen-bond donors (Lipinski definition) is 0. The van der Waals surface area contributed by atoms with Gasteiger partial charge in [0, 0.05) is 27.7 Å². The van der Waals surface area contributed by atoms with Crippen molar-refractivity contribution in [2.75, 3.05) is 20.7 Å². The average Bonchev–Trinajstić information content (AvgIpc) is 2.90. The first kappa shape index (κ1) is 35.3. The number of nitrogens with zero attached hydrogens (tertiary/aromatic N) is 1. The Balaban J connectivity index is 2.16. The van der Waals surface area contributed by atoms with Crippen molar-refractivity contribution >= 4 is 25.9 Å². The van der Waals surface area contributed by atoms with Crippen LogP contribution in [0.25, 0.3) is 11.1 Å². The van der Waals surface area contributed by atoms with E-state index in [9.17, 15) is 14.4 Å². The maximum Gasteiger partial charge on any atom is 0.309 e. The Bertz CT molecular complexity index is 1140. The van der Waals surface area contributed by atoms with Crippen molar-refractivity contribution in [3.63, 3.8) is 0 Å². The molecule has 0 N–H and O–H groups in total. The van der Waals surface area contributed by atoms with Crippen LogP contribution in [-0.2, 0) is 25.5 Å². The molecule has 0 aliphatic rings. The summed E-state index contributed by atoms with van der Waals surface area (Å²) < 4.78 is 11.5. The SMILES string of the molecule is CCCC[C@H](C[C@H](CCc1ccc(-c2ccc(C(=O)N(C)C)cc2)cc1)C(=O)OCC[Si](C)(C)C)C(=O)OC(C)(C)C. The molecule has 0 spiro atoms. The summed E-state index contributed by atoms with van der Waals surface area (Å²) in [5.41, 5.74) is 3.32. The molecule has 1 amide bonds. The Hall–Kier alpha value is -2.93. The highest BCUT2D eigenvalue weighted by Gasteiger charge is 2.31. The lowest BCUT2D eigenvalue weighted by atomic mass is 9.86. The van der Waals surface area contributed by atoms with Gasteiger partial charge >= 0.3 is 11.9 Å². The summed E-state index contributed by atoms with van der Waals surface area (Å²) in [7, 11) is 2.15. The average molecular weight is 596 g/mol. The second-order valence-corrected chi connectivity index (χ2v) is 19.4. The minimum absolute atomic E-state index is 0.0194. The van der Waals surface area contributed by atoms with Crippen LogP contribution in [-0.4, -0.2) is 57.1 Å². The maximum atomic E-state index is 13.3. The van der Waals surface area contributed by atoms with Gasteiger partial charge in [0.25, 0.3) is 5.91 Å². The molecule has 0 aromatic heterocycles. The smallest absolute Gasteiger partial charge is 0.309 e. The molecule has 7 heteroatoms. The van der Waals surface area contributed by atoms with Crippen LogP contribution in [0.4, 0.5) is 0 Å². The first-order chi connectivity index (χ1) is 19.6. The van der Waals surface area contributed by atoms with Crippen LogP contribution < -0.4 is 0 Å². The highest BCUT2D eigenvalue weighted by molar-refractivity contribution is 6.76. The predicted molar refractivity (Wildman–Crippen MR) is 174 cm³/mol. The van der Waals surface area contributed by atoms with Gasteiger partial charge in [0.05, 0.1) is 18.4 Å². The summed E-state index contributed by atoms with van der Waals surface area (Å²) in [6, 6.07) is 16.9. The molecule has 0 radical (unpaired) electrons. The van der Waals surface area contributed by atoms with E-state index in [2.05, 4.69) is 50.8 Å². The number of carbonyl (C=O) groups is 3. The Morgan fingerprint density at radius 3 is 1.88 bits per heavy atom. The van der Waals surface area contributed by atoms with E-state index in [0.717, 1.165) is 35.6 Å². The predicted octanol–water partition coefficient (Wildman–Crippen LogP) is 8.02. The lowest BCUT2D eigenvalue weighted by molar-refractivity contribution is -0.162. The molecule has 232 valence electrons. The van der Waals surface area contributed by atoms with Gasteiger partial charge in [-0.15, -0.1) is 0 Å². The molecule has 0 bridgehead atoms. The normalized spacial score (nSPS) is 13.3. The fourth-order valence-corrected chi connectivity index (χ4v) is 5.40. The minimum Gasteiger partial charge on any atom is -0.466 e. The van der Waals surface area contributed by atoms with Crippen molar-refractivity contribution in [2.45, 2.75) is 97.5 Å². The molecule has 0 aliphatic carbocycles. The fraction of sp³-hybridized carbons (Fsp3) is 0.571. The molecule has 0 aliphatic heterocycles. The molecule has 0 fully saturated rings. The molecule has 2 aromatic carbocycles. The van der Waals surface area contributed by atoms with Crippen LogP contribution in [0.2, 0.25) is 25.7 Å². The first-order valence-corrected chi connectivity index (χ1v) is 19.1. The first-order valence-electron chi connectivity index (χ1n) is 15.4. The van der Waals surface area contributed by atoms with E-state index in [1.807, 2.05) is 45.0 Å². The van der Waals surface area contributed by atoms with Gasteiger partial charge in [-0.25, -0.2) is 0 Å². The standard InChI is InChI=1S/C35H53NO5Si/c1-10-11-12-30(34(39)41-35(2,3)4)25-31(33(38)40-23-24-42(7,8)9)18-15-26-13-16-27(17-14-26)28-19-21-29(22-20-28)32(37)36(5)6/h13-14,16-17,19-22,30-31H,10-12,15,18,23-25H2,1-9H3/t30-,31+/m1/s1. The van der Waals surface area contributed by atoms with Gasteiger partial charge in [-0.05, 0) is 81.3 Å². The van der Waals surface area contributed by atoms with Crippen LogP contribution in [0.1, 0.15) is 75.7 Å². The van der Waals surface area contributed by atoms with Crippen molar-refractivity contribution < 1.29 is 23.9 Å². The third-order valence-electron chi connectivity index (χ3n) is 7.25. The summed E-state index contributed by atoms with van der Waals surface area (Å²) in [6.07, 6.45) is 4.35. The second kappa shape index (κ2) is 16.1. The highest BCUT2D eigenvalue weighted by Crippen LogP contribution is 2.28. The number of benzene rings is 2. The number of carbonyl (C=O) groups excluding carboxylic acids is 3. The lowest BCUT2D eigenvalue weighted by Gasteiger charge is -2.26. The van der Waals surface area contributed by atoms with E-state index in [0.29, 0.717) is 37.9 Å².